The van der Waals surface area contributed by atoms with Crippen LogP contribution in [0.1, 0.15) is 0 Å². The standard InChI is InChI=1S/C7H7N5/c8-6-3-7(11-4-10-6)12-2-1-9-5-12/h1-5H,(H2,8,10,11). The van der Waals surface area contributed by atoms with Gasteiger partial charge in [0.2, 0.25) is 0 Å². The predicted molar refractivity (Wildman–Crippen MR) is 43.6 cm³/mol. The van der Waals surface area contributed by atoms with Crippen LogP contribution in [0.2, 0.25) is 0 Å². The number of nitrogen functional groups attached to an aromatic ring is 1. The summed E-state index contributed by atoms with van der Waals surface area (Å²) < 4.78 is 1.76. The van der Waals surface area contributed by atoms with E-state index in [4.69, 9.17) is 5.73 Å². The third-order valence-corrected chi connectivity index (χ3v) is 1.44. The maximum Gasteiger partial charge on any atom is 0.143 e. The van der Waals surface area contributed by atoms with Crippen LogP contribution in [0.5, 0.6) is 0 Å². The van der Waals surface area contributed by atoms with E-state index in [0.29, 0.717) is 5.82 Å². The molecule has 2 N–H and O–H groups in total. The minimum Gasteiger partial charge on any atom is -0.384 e. The summed E-state index contributed by atoms with van der Waals surface area (Å²) in [7, 11) is 0. The van der Waals surface area contributed by atoms with Gasteiger partial charge < -0.3 is 5.73 Å². The van der Waals surface area contributed by atoms with Crippen molar-refractivity contribution in [1.29, 1.82) is 0 Å². The fraction of sp³-hybridized carbons (Fsp3) is 0. The van der Waals surface area contributed by atoms with E-state index in [9.17, 15) is 0 Å². The molecule has 2 aromatic heterocycles. The fourth-order valence-electron chi connectivity index (χ4n) is 0.897. The number of hydrogen-bond acceptors (Lipinski definition) is 4. The van der Waals surface area contributed by atoms with Crippen molar-refractivity contribution in [2.75, 3.05) is 5.73 Å². The summed E-state index contributed by atoms with van der Waals surface area (Å²) in [4.78, 5) is 11.7. The Bertz CT molecular complexity index is 367. The van der Waals surface area contributed by atoms with E-state index in [2.05, 4.69) is 15.0 Å². The van der Waals surface area contributed by atoms with E-state index in [1.807, 2.05) is 0 Å². The van der Waals surface area contributed by atoms with Crippen LogP contribution >= 0.6 is 0 Å². The summed E-state index contributed by atoms with van der Waals surface area (Å²) in [5.74, 6) is 1.17. The van der Waals surface area contributed by atoms with Crippen LogP contribution in [0.25, 0.3) is 5.82 Å². The van der Waals surface area contributed by atoms with Crippen LogP contribution in [-0.4, -0.2) is 19.5 Å². The van der Waals surface area contributed by atoms with E-state index in [-0.39, 0.29) is 0 Å². The molecule has 0 aliphatic heterocycles. The normalized spacial score (nSPS) is 10.0. The van der Waals surface area contributed by atoms with Gasteiger partial charge >= 0.3 is 0 Å². The van der Waals surface area contributed by atoms with Gasteiger partial charge in [0, 0.05) is 18.5 Å². The number of aromatic nitrogens is 4. The highest BCUT2D eigenvalue weighted by Gasteiger charge is 1.96. The minimum atomic E-state index is 0.453. The van der Waals surface area contributed by atoms with Crippen molar-refractivity contribution in [3.63, 3.8) is 0 Å². The smallest absolute Gasteiger partial charge is 0.143 e. The SMILES string of the molecule is Nc1cc(-n2ccnc2)ncn1. The lowest BCUT2D eigenvalue weighted by atomic mass is 10.5. The van der Waals surface area contributed by atoms with Gasteiger partial charge in [0.15, 0.2) is 0 Å². The molecule has 0 unspecified atom stereocenters. The molecule has 0 radical (unpaired) electrons. The van der Waals surface area contributed by atoms with Crippen LogP contribution in [0, 0.1) is 0 Å². The van der Waals surface area contributed by atoms with Crippen molar-refractivity contribution in [3.05, 3.63) is 31.1 Å². The van der Waals surface area contributed by atoms with E-state index >= 15 is 0 Å². The molecule has 0 aliphatic rings. The Morgan fingerprint density at radius 3 is 2.92 bits per heavy atom. The molecule has 60 valence electrons. The van der Waals surface area contributed by atoms with Crippen LogP contribution in [-0.2, 0) is 0 Å². The highest BCUT2D eigenvalue weighted by Crippen LogP contribution is 2.04. The van der Waals surface area contributed by atoms with Crippen LogP contribution in [0.15, 0.2) is 31.1 Å². The molecular weight excluding hydrogens is 154 g/mol. The summed E-state index contributed by atoms with van der Waals surface area (Å²) >= 11 is 0. The highest BCUT2D eigenvalue weighted by atomic mass is 15.1. The molecule has 0 saturated heterocycles. The first-order chi connectivity index (χ1) is 5.86. The molecule has 0 bridgehead atoms. The van der Waals surface area contributed by atoms with Gasteiger partial charge in [-0.3, -0.25) is 4.57 Å². The first-order valence-electron chi connectivity index (χ1n) is 3.42. The van der Waals surface area contributed by atoms with Crippen molar-refractivity contribution in [1.82, 2.24) is 19.5 Å². The van der Waals surface area contributed by atoms with E-state index in [1.165, 1.54) is 6.33 Å². The third kappa shape index (κ3) is 1.12. The molecule has 0 aromatic carbocycles. The summed E-state index contributed by atoms with van der Waals surface area (Å²) in [6.45, 7) is 0. The largest absolute Gasteiger partial charge is 0.384 e. The zero-order chi connectivity index (χ0) is 8.39. The molecule has 2 heterocycles. The van der Waals surface area contributed by atoms with Gasteiger partial charge in [-0.05, 0) is 0 Å². The topological polar surface area (TPSA) is 69.6 Å². The lowest BCUT2D eigenvalue weighted by Crippen LogP contribution is -1.97. The molecule has 2 rings (SSSR count). The molecule has 5 heteroatoms. The molecule has 0 aliphatic carbocycles. The zero-order valence-electron chi connectivity index (χ0n) is 6.25. The number of hydrogen-bond donors (Lipinski definition) is 1. The van der Waals surface area contributed by atoms with Gasteiger partial charge in [0.25, 0.3) is 0 Å². The van der Waals surface area contributed by atoms with Crippen molar-refractivity contribution >= 4 is 5.82 Å². The summed E-state index contributed by atoms with van der Waals surface area (Å²) in [6, 6.07) is 1.68. The molecule has 12 heavy (non-hydrogen) atoms. The van der Waals surface area contributed by atoms with Gasteiger partial charge in [0.05, 0.1) is 0 Å². The van der Waals surface area contributed by atoms with Gasteiger partial charge in [-0.2, -0.15) is 0 Å². The number of rotatable bonds is 1. The lowest BCUT2D eigenvalue weighted by Gasteiger charge is -1.99. The first kappa shape index (κ1) is 6.78. The van der Waals surface area contributed by atoms with Crippen molar-refractivity contribution < 1.29 is 0 Å². The van der Waals surface area contributed by atoms with Crippen LogP contribution in [0.3, 0.4) is 0 Å². The van der Waals surface area contributed by atoms with Crippen molar-refractivity contribution in [2.45, 2.75) is 0 Å². The lowest BCUT2D eigenvalue weighted by molar-refractivity contribution is 0.974. The van der Waals surface area contributed by atoms with Crippen molar-refractivity contribution in [3.8, 4) is 5.82 Å². The van der Waals surface area contributed by atoms with Gasteiger partial charge in [-0.25, -0.2) is 15.0 Å². The second kappa shape index (κ2) is 2.61. The quantitative estimate of drug-likeness (QED) is 0.650. The van der Waals surface area contributed by atoms with E-state index < -0.39 is 0 Å². The van der Waals surface area contributed by atoms with Crippen molar-refractivity contribution in [2.24, 2.45) is 0 Å². The number of nitrogens with two attached hydrogens (primary N) is 1. The predicted octanol–water partition coefficient (Wildman–Crippen LogP) is 0.244. The third-order valence-electron chi connectivity index (χ3n) is 1.44. The Hall–Kier alpha value is -1.91. The van der Waals surface area contributed by atoms with Gasteiger partial charge in [-0.1, -0.05) is 0 Å². The maximum atomic E-state index is 5.48. The Morgan fingerprint density at radius 1 is 1.33 bits per heavy atom. The maximum absolute atomic E-state index is 5.48. The Balaban J connectivity index is 2.48. The highest BCUT2D eigenvalue weighted by molar-refractivity contribution is 5.35. The Labute approximate surface area is 68.9 Å². The molecular formula is C7H7N5. The average molecular weight is 161 g/mol. The molecule has 0 spiro atoms. The Morgan fingerprint density at radius 2 is 2.25 bits per heavy atom. The minimum absolute atomic E-state index is 0.453. The Kier molecular flexibility index (Phi) is 1.48. The molecule has 0 atom stereocenters. The van der Waals surface area contributed by atoms with Crippen LogP contribution < -0.4 is 5.73 Å². The van der Waals surface area contributed by atoms with Gasteiger partial charge in [-0.15, -0.1) is 0 Å². The fourth-order valence-corrected chi connectivity index (χ4v) is 0.897. The molecule has 2 aromatic rings. The summed E-state index contributed by atoms with van der Waals surface area (Å²) in [6.07, 6.45) is 6.55. The second-order valence-corrected chi connectivity index (χ2v) is 2.27. The monoisotopic (exact) mass is 161 g/mol. The molecule has 0 fully saturated rings. The first-order valence-corrected chi connectivity index (χ1v) is 3.42. The molecule has 0 amide bonds. The second-order valence-electron chi connectivity index (χ2n) is 2.27. The molecule has 5 nitrogen and oxygen atoms in total. The van der Waals surface area contributed by atoms with E-state index in [0.717, 1.165) is 5.82 Å². The number of imidazole rings is 1. The number of anilines is 1. The van der Waals surface area contributed by atoms with Crippen LogP contribution in [0.4, 0.5) is 5.82 Å². The zero-order valence-corrected chi connectivity index (χ0v) is 6.25. The summed E-state index contributed by atoms with van der Waals surface area (Å²) in [5.41, 5.74) is 5.48. The van der Waals surface area contributed by atoms with E-state index in [1.54, 1.807) is 29.4 Å². The average Bonchev–Trinajstić information content (AvgIpc) is 2.56. The van der Waals surface area contributed by atoms with Gasteiger partial charge in [0.1, 0.15) is 24.3 Å². The summed E-state index contributed by atoms with van der Waals surface area (Å²) in [5, 5.41) is 0. The number of nitrogens with zero attached hydrogens (tertiary/aromatic N) is 4. The molecule has 0 saturated carbocycles.